The maximum atomic E-state index is 11.4. The van der Waals surface area contributed by atoms with E-state index in [2.05, 4.69) is 4.98 Å². The van der Waals surface area contributed by atoms with Crippen LogP contribution in [0.4, 0.5) is 0 Å². The fourth-order valence-corrected chi connectivity index (χ4v) is 2.11. The first kappa shape index (κ1) is 10.6. The van der Waals surface area contributed by atoms with Crippen molar-refractivity contribution in [3.05, 3.63) is 56.1 Å². The van der Waals surface area contributed by atoms with Crippen LogP contribution in [0.15, 0.2) is 34.4 Å². The van der Waals surface area contributed by atoms with Gasteiger partial charge in [-0.05, 0) is 23.6 Å². The lowest BCUT2D eigenvalue weighted by Crippen LogP contribution is -2.18. The minimum absolute atomic E-state index is 0.227. The Balaban J connectivity index is 2.28. The Kier molecular flexibility index (Phi) is 2.87. The Morgan fingerprint density at radius 2 is 2.19 bits per heavy atom. The van der Waals surface area contributed by atoms with Gasteiger partial charge in [0.15, 0.2) is 0 Å². The van der Waals surface area contributed by atoms with E-state index >= 15 is 0 Å². The van der Waals surface area contributed by atoms with Crippen molar-refractivity contribution < 1.29 is 9.90 Å². The third-order valence-electron chi connectivity index (χ3n) is 2.15. The summed E-state index contributed by atoms with van der Waals surface area (Å²) in [6.07, 6.45) is 0.618. The molecule has 0 radical (unpaired) electrons. The van der Waals surface area contributed by atoms with Gasteiger partial charge in [0.2, 0.25) is 0 Å². The van der Waals surface area contributed by atoms with Crippen molar-refractivity contribution in [2.24, 2.45) is 0 Å². The summed E-state index contributed by atoms with van der Waals surface area (Å²) in [5, 5.41) is 10.7. The normalized spacial score (nSPS) is 10.2. The lowest BCUT2D eigenvalue weighted by Gasteiger charge is -1.99. The minimum atomic E-state index is -1.20. The predicted octanol–water partition coefficient (Wildman–Crippen LogP) is 1.73. The van der Waals surface area contributed by atoms with Crippen molar-refractivity contribution in [3.8, 4) is 0 Å². The SMILES string of the molecule is O=C(O)c1ccc(Cc2cccs2)[nH]c1=O. The van der Waals surface area contributed by atoms with E-state index in [0.717, 1.165) is 10.6 Å². The van der Waals surface area contributed by atoms with Gasteiger partial charge in [0.1, 0.15) is 5.56 Å². The predicted molar refractivity (Wildman–Crippen MR) is 61.1 cm³/mol. The highest BCUT2D eigenvalue weighted by molar-refractivity contribution is 7.09. The largest absolute Gasteiger partial charge is 0.477 e. The van der Waals surface area contributed by atoms with Crippen molar-refractivity contribution in [2.45, 2.75) is 6.42 Å². The van der Waals surface area contributed by atoms with Crippen molar-refractivity contribution in [3.63, 3.8) is 0 Å². The Bertz CT molecular complexity index is 557. The second-order valence-electron chi connectivity index (χ2n) is 3.29. The summed E-state index contributed by atoms with van der Waals surface area (Å²) in [6, 6.07) is 6.87. The summed E-state index contributed by atoms with van der Waals surface area (Å²) in [7, 11) is 0. The summed E-state index contributed by atoms with van der Waals surface area (Å²) in [5.74, 6) is -1.20. The molecule has 2 N–H and O–H groups in total. The maximum absolute atomic E-state index is 11.4. The van der Waals surface area contributed by atoms with Gasteiger partial charge in [-0.3, -0.25) is 4.79 Å². The zero-order chi connectivity index (χ0) is 11.5. The van der Waals surface area contributed by atoms with Crippen LogP contribution in [-0.4, -0.2) is 16.1 Å². The molecule has 0 fully saturated rings. The first-order valence-corrected chi connectivity index (χ1v) is 5.52. The first-order chi connectivity index (χ1) is 7.66. The Morgan fingerprint density at radius 3 is 2.75 bits per heavy atom. The second kappa shape index (κ2) is 4.32. The number of aromatic amines is 1. The third kappa shape index (κ3) is 2.20. The van der Waals surface area contributed by atoms with Crippen molar-refractivity contribution in [1.82, 2.24) is 4.98 Å². The van der Waals surface area contributed by atoms with Gasteiger partial charge >= 0.3 is 5.97 Å². The van der Waals surface area contributed by atoms with Crippen molar-refractivity contribution >= 4 is 17.3 Å². The topological polar surface area (TPSA) is 70.2 Å². The average Bonchev–Trinajstić information content (AvgIpc) is 2.70. The molecular formula is C11H9NO3S. The van der Waals surface area contributed by atoms with Gasteiger partial charge in [-0.1, -0.05) is 6.07 Å². The molecule has 0 aliphatic carbocycles. The third-order valence-corrected chi connectivity index (χ3v) is 3.02. The van der Waals surface area contributed by atoms with Gasteiger partial charge in [0.05, 0.1) is 0 Å². The lowest BCUT2D eigenvalue weighted by molar-refractivity contribution is 0.0695. The highest BCUT2D eigenvalue weighted by atomic mass is 32.1. The molecule has 82 valence electrons. The summed E-state index contributed by atoms with van der Waals surface area (Å²) >= 11 is 1.60. The van der Waals surface area contributed by atoms with Gasteiger partial charge < -0.3 is 10.1 Å². The van der Waals surface area contributed by atoms with E-state index < -0.39 is 11.5 Å². The maximum Gasteiger partial charge on any atom is 0.341 e. The molecule has 0 amide bonds. The van der Waals surface area contributed by atoms with Crippen LogP contribution >= 0.6 is 11.3 Å². The van der Waals surface area contributed by atoms with E-state index in [1.807, 2.05) is 17.5 Å². The van der Waals surface area contributed by atoms with Crippen LogP contribution in [0.2, 0.25) is 0 Å². The molecule has 0 aromatic carbocycles. The van der Waals surface area contributed by atoms with Crippen LogP contribution in [0.1, 0.15) is 20.9 Å². The molecule has 0 aliphatic rings. The number of aromatic carboxylic acids is 1. The van der Waals surface area contributed by atoms with Crippen LogP contribution in [0.25, 0.3) is 0 Å². The molecule has 5 heteroatoms. The molecular weight excluding hydrogens is 226 g/mol. The van der Waals surface area contributed by atoms with Gasteiger partial charge in [0, 0.05) is 17.0 Å². The number of pyridine rings is 1. The first-order valence-electron chi connectivity index (χ1n) is 4.64. The van der Waals surface area contributed by atoms with Crippen LogP contribution in [0.3, 0.4) is 0 Å². The van der Waals surface area contributed by atoms with Gasteiger partial charge in [-0.25, -0.2) is 4.79 Å². The molecule has 2 aromatic rings. The number of thiophene rings is 1. The zero-order valence-corrected chi connectivity index (χ0v) is 9.08. The molecule has 2 heterocycles. The Hall–Kier alpha value is -1.88. The lowest BCUT2D eigenvalue weighted by atomic mass is 10.2. The summed E-state index contributed by atoms with van der Waals surface area (Å²) in [6.45, 7) is 0. The van der Waals surface area contributed by atoms with E-state index in [4.69, 9.17) is 5.11 Å². The van der Waals surface area contributed by atoms with Crippen LogP contribution in [-0.2, 0) is 6.42 Å². The molecule has 0 spiro atoms. The van der Waals surface area contributed by atoms with Crippen LogP contribution in [0, 0.1) is 0 Å². The van der Waals surface area contributed by atoms with Gasteiger partial charge in [0.25, 0.3) is 5.56 Å². The average molecular weight is 235 g/mol. The summed E-state index contributed by atoms with van der Waals surface area (Å²) in [4.78, 5) is 25.7. The van der Waals surface area contributed by atoms with Crippen LogP contribution < -0.4 is 5.56 Å². The molecule has 4 nitrogen and oxygen atoms in total. The zero-order valence-electron chi connectivity index (χ0n) is 8.27. The van der Waals surface area contributed by atoms with Crippen molar-refractivity contribution in [1.29, 1.82) is 0 Å². The molecule has 16 heavy (non-hydrogen) atoms. The molecule has 2 rings (SSSR count). The smallest absolute Gasteiger partial charge is 0.341 e. The van der Waals surface area contributed by atoms with Gasteiger partial charge in [-0.15, -0.1) is 11.3 Å². The molecule has 0 unspecified atom stereocenters. The highest BCUT2D eigenvalue weighted by Gasteiger charge is 2.08. The highest BCUT2D eigenvalue weighted by Crippen LogP contribution is 2.12. The number of nitrogens with one attached hydrogen (secondary N) is 1. The van der Waals surface area contributed by atoms with E-state index in [1.165, 1.54) is 6.07 Å². The molecule has 2 aromatic heterocycles. The van der Waals surface area contributed by atoms with Crippen molar-refractivity contribution in [2.75, 3.05) is 0 Å². The Morgan fingerprint density at radius 1 is 1.38 bits per heavy atom. The Labute approximate surface area is 95.2 Å². The van der Waals surface area contributed by atoms with E-state index in [0.29, 0.717) is 6.42 Å². The number of H-pyrrole nitrogens is 1. The molecule has 0 saturated heterocycles. The van der Waals surface area contributed by atoms with Crippen LogP contribution in [0.5, 0.6) is 0 Å². The van der Waals surface area contributed by atoms with E-state index in [9.17, 15) is 9.59 Å². The minimum Gasteiger partial charge on any atom is -0.477 e. The molecule has 0 saturated carbocycles. The molecule has 0 atom stereocenters. The number of rotatable bonds is 3. The second-order valence-corrected chi connectivity index (χ2v) is 4.32. The van der Waals surface area contributed by atoms with E-state index in [-0.39, 0.29) is 5.56 Å². The monoisotopic (exact) mass is 235 g/mol. The standard InChI is InChI=1S/C11H9NO3S/c13-10-9(11(14)15)4-3-7(12-10)6-8-2-1-5-16-8/h1-5H,6H2,(H,12,13)(H,14,15). The van der Waals surface area contributed by atoms with E-state index in [1.54, 1.807) is 17.4 Å². The summed E-state index contributed by atoms with van der Waals surface area (Å²) in [5.41, 5.74) is -0.0612. The summed E-state index contributed by atoms with van der Waals surface area (Å²) < 4.78 is 0. The quantitative estimate of drug-likeness (QED) is 0.851. The number of carbonyl (C=O) groups is 1. The molecule has 0 aliphatic heterocycles. The fraction of sp³-hybridized carbons (Fsp3) is 0.0909. The van der Waals surface area contributed by atoms with Gasteiger partial charge in [-0.2, -0.15) is 0 Å². The molecule has 0 bridgehead atoms. The number of hydrogen-bond acceptors (Lipinski definition) is 3. The number of hydrogen-bond donors (Lipinski definition) is 2. The fourth-order valence-electron chi connectivity index (χ4n) is 1.39. The number of carboxylic acids is 1. The number of carboxylic acid groups (broad SMARTS) is 1. The number of aromatic nitrogens is 1.